The lowest BCUT2D eigenvalue weighted by Crippen LogP contribution is -2.42. The molecular weight excluding hydrogens is 376 g/mol. The van der Waals surface area contributed by atoms with Crippen molar-refractivity contribution in [1.82, 2.24) is 10.3 Å². The Balaban J connectivity index is 1.63. The van der Waals surface area contributed by atoms with Gasteiger partial charge in [-0.25, -0.2) is 4.98 Å². The number of aliphatic hydroxyl groups excluding tert-OH is 1. The first kappa shape index (κ1) is 22.2. The van der Waals surface area contributed by atoms with Gasteiger partial charge in [0.2, 0.25) is 0 Å². The van der Waals surface area contributed by atoms with E-state index in [9.17, 15) is 5.11 Å². The SMILES string of the molecule is Cc1ccc2c(n1)N(CCc1ccccc1)CC/C2=N\OCC(O)CNC(C)(C)C. The Morgan fingerprint density at radius 2 is 1.97 bits per heavy atom. The lowest BCUT2D eigenvalue weighted by molar-refractivity contribution is 0.0371. The second kappa shape index (κ2) is 10.0. The average molecular weight is 411 g/mol. The average Bonchev–Trinajstić information content (AvgIpc) is 2.71. The number of rotatable bonds is 8. The second-order valence-electron chi connectivity index (χ2n) is 8.91. The van der Waals surface area contributed by atoms with Gasteiger partial charge in [-0.1, -0.05) is 35.5 Å². The monoisotopic (exact) mass is 410 g/mol. The minimum atomic E-state index is -0.602. The quantitative estimate of drug-likeness (QED) is 0.654. The molecule has 0 fully saturated rings. The lowest BCUT2D eigenvalue weighted by atomic mass is 10.0. The van der Waals surface area contributed by atoms with Crippen LogP contribution in [0.4, 0.5) is 5.82 Å². The number of hydrogen-bond donors (Lipinski definition) is 2. The van der Waals surface area contributed by atoms with Crippen LogP contribution in [0.15, 0.2) is 47.6 Å². The molecule has 1 unspecified atom stereocenters. The molecule has 3 rings (SSSR count). The Bertz CT molecular complexity index is 846. The fourth-order valence-electron chi connectivity index (χ4n) is 3.40. The molecule has 2 N–H and O–H groups in total. The molecule has 1 aromatic carbocycles. The van der Waals surface area contributed by atoms with Crippen molar-refractivity contribution in [2.45, 2.75) is 52.2 Å². The van der Waals surface area contributed by atoms with Crippen molar-refractivity contribution in [2.75, 3.05) is 31.1 Å². The first-order valence-electron chi connectivity index (χ1n) is 10.7. The number of anilines is 1. The van der Waals surface area contributed by atoms with Crippen molar-refractivity contribution in [3.8, 4) is 0 Å². The fourth-order valence-corrected chi connectivity index (χ4v) is 3.40. The molecule has 0 saturated heterocycles. The lowest BCUT2D eigenvalue weighted by Gasteiger charge is -2.31. The Morgan fingerprint density at radius 3 is 2.70 bits per heavy atom. The van der Waals surface area contributed by atoms with Crippen LogP contribution < -0.4 is 10.2 Å². The van der Waals surface area contributed by atoms with Gasteiger partial charge in [0.1, 0.15) is 18.5 Å². The van der Waals surface area contributed by atoms with E-state index in [1.807, 2.05) is 19.1 Å². The van der Waals surface area contributed by atoms with E-state index in [0.717, 1.165) is 48.7 Å². The first-order valence-corrected chi connectivity index (χ1v) is 10.7. The minimum Gasteiger partial charge on any atom is -0.393 e. The number of hydrogen-bond acceptors (Lipinski definition) is 6. The second-order valence-corrected chi connectivity index (χ2v) is 8.91. The summed E-state index contributed by atoms with van der Waals surface area (Å²) in [5.74, 6) is 0.967. The van der Waals surface area contributed by atoms with Crippen molar-refractivity contribution in [3.63, 3.8) is 0 Å². The van der Waals surface area contributed by atoms with Gasteiger partial charge in [0.05, 0.1) is 5.71 Å². The van der Waals surface area contributed by atoms with E-state index in [0.29, 0.717) is 6.54 Å². The molecule has 1 atom stereocenters. The van der Waals surface area contributed by atoms with Crippen LogP contribution in [0.1, 0.15) is 44.0 Å². The van der Waals surface area contributed by atoms with Crippen LogP contribution in [-0.2, 0) is 11.3 Å². The van der Waals surface area contributed by atoms with Gasteiger partial charge >= 0.3 is 0 Å². The number of pyridine rings is 1. The molecule has 1 aliphatic rings. The van der Waals surface area contributed by atoms with Crippen molar-refractivity contribution in [3.05, 3.63) is 59.3 Å². The van der Waals surface area contributed by atoms with E-state index >= 15 is 0 Å². The molecule has 1 aromatic heterocycles. The summed E-state index contributed by atoms with van der Waals surface area (Å²) in [5, 5.41) is 17.7. The number of aromatic nitrogens is 1. The third kappa shape index (κ3) is 6.54. The molecule has 30 heavy (non-hydrogen) atoms. The molecule has 0 radical (unpaired) electrons. The number of fused-ring (bicyclic) bond motifs is 1. The van der Waals surface area contributed by atoms with Crippen LogP contribution in [0.5, 0.6) is 0 Å². The zero-order valence-corrected chi connectivity index (χ0v) is 18.6. The van der Waals surface area contributed by atoms with Crippen LogP contribution in [0.25, 0.3) is 0 Å². The third-order valence-electron chi connectivity index (χ3n) is 5.07. The highest BCUT2D eigenvalue weighted by atomic mass is 16.6. The minimum absolute atomic E-state index is 0.0398. The molecule has 6 heteroatoms. The largest absolute Gasteiger partial charge is 0.393 e. The first-order chi connectivity index (χ1) is 14.3. The fraction of sp³-hybridized carbons (Fsp3) is 0.500. The summed E-state index contributed by atoms with van der Waals surface area (Å²) in [6, 6.07) is 14.6. The third-order valence-corrected chi connectivity index (χ3v) is 5.07. The standard InChI is InChI=1S/C24H34N4O2/c1-18-10-11-21-22(27-30-17-20(29)16-25-24(2,3)4)13-15-28(23(21)26-18)14-12-19-8-6-5-7-9-19/h5-11,20,25,29H,12-17H2,1-4H3/b27-22+. The summed E-state index contributed by atoms with van der Waals surface area (Å²) < 4.78 is 0. The number of nitrogens with zero attached hydrogens (tertiary/aromatic N) is 3. The topological polar surface area (TPSA) is 70.0 Å². The summed E-state index contributed by atoms with van der Waals surface area (Å²) in [5.41, 5.74) is 4.19. The number of benzene rings is 1. The van der Waals surface area contributed by atoms with Crippen LogP contribution in [0.2, 0.25) is 0 Å². The maximum atomic E-state index is 10.1. The number of aliphatic hydroxyl groups is 1. The van der Waals surface area contributed by atoms with Crippen LogP contribution in [0.3, 0.4) is 0 Å². The Kier molecular flexibility index (Phi) is 7.45. The highest BCUT2D eigenvalue weighted by Gasteiger charge is 2.24. The summed E-state index contributed by atoms with van der Waals surface area (Å²) in [6.07, 6.45) is 1.17. The van der Waals surface area contributed by atoms with Gasteiger partial charge in [0, 0.05) is 42.9 Å². The molecule has 2 heterocycles. The van der Waals surface area contributed by atoms with Crippen molar-refractivity contribution >= 4 is 11.5 Å². The van der Waals surface area contributed by atoms with E-state index in [1.54, 1.807) is 0 Å². The summed E-state index contributed by atoms with van der Waals surface area (Å²) in [4.78, 5) is 12.6. The molecule has 162 valence electrons. The van der Waals surface area contributed by atoms with Gasteiger partial charge < -0.3 is 20.2 Å². The van der Waals surface area contributed by atoms with E-state index in [-0.39, 0.29) is 12.1 Å². The molecule has 0 saturated carbocycles. The predicted molar refractivity (Wildman–Crippen MR) is 122 cm³/mol. The molecule has 2 aromatic rings. The van der Waals surface area contributed by atoms with Crippen LogP contribution in [-0.4, -0.2) is 53.7 Å². The van der Waals surface area contributed by atoms with Crippen molar-refractivity contribution in [1.29, 1.82) is 0 Å². The zero-order chi connectivity index (χ0) is 21.6. The maximum Gasteiger partial charge on any atom is 0.144 e. The normalized spacial score (nSPS) is 16.4. The van der Waals surface area contributed by atoms with E-state index in [4.69, 9.17) is 9.82 Å². The van der Waals surface area contributed by atoms with Gasteiger partial charge in [-0.15, -0.1) is 0 Å². The molecule has 0 bridgehead atoms. The Morgan fingerprint density at radius 1 is 1.20 bits per heavy atom. The van der Waals surface area contributed by atoms with Gasteiger partial charge in [-0.3, -0.25) is 0 Å². The number of aryl methyl sites for hydroxylation is 1. The van der Waals surface area contributed by atoms with Gasteiger partial charge in [-0.2, -0.15) is 0 Å². The summed E-state index contributed by atoms with van der Waals surface area (Å²) in [7, 11) is 0. The molecule has 0 amide bonds. The van der Waals surface area contributed by atoms with E-state index in [1.165, 1.54) is 5.56 Å². The molecule has 0 aliphatic carbocycles. The Labute approximate surface area is 180 Å². The van der Waals surface area contributed by atoms with Gasteiger partial charge in [0.15, 0.2) is 0 Å². The Hall–Kier alpha value is -2.44. The molecule has 0 spiro atoms. The predicted octanol–water partition coefficient (Wildman–Crippen LogP) is 3.31. The highest BCUT2D eigenvalue weighted by molar-refractivity contribution is 6.06. The summed E-state index contributed by atoms with van der Waals surface area (Å²) in [6.45, 7) is 10.6. The van der Waals surface area contributed by atoms with Gasteiger partial charge in [-0.05, 0) is 51.8 Å². The zero-order valence-electron chi connectivity index (χ0n) is 18.6. The highest BCUT2D eigenvalue weighted by Crippen LogP contribution is 2.26. The van der Waals surface area contributed by atoms with E-state index < -0.39 is 6.10 Å². The number of nitrogens with one attached hydrogen (secondary N) is 1. The van der Waals surface area contributed by atoms with E-state index in [2.05, 4.69) is 66.5 Å². The number of β-amino-alcohol motifs (C(OH)–C–C–N with tert-alkyl or cyclic N) is 1. The molecule has 1 aliphatic heterocycles. The van der Waals surface area contributed by atoms with Crippen molar-refractivity contribution in [2.24, 2.45) is 5.16 Å². The maximum absolute atomic E-state index is 10.1. The van der Waals surface area contributed by atoms with Crippen molar-refractivity contribution < 1.29 is 9.94 Å². The molecule has 6 nitrogen and oxygen atoms in total. The van der Waals surface area contributed by atoms with Crippen LogP contribution >= 0.6 is 0 Å². The van der Waals surface area contributed by atoms with Crippen LogP contribution in [0, 0.1) is 6.92 Å². The smallest absolute Gasteiger partial charge is 0.144 e. The summed E-state index contributed by atoms with van der Waals surface area (Å²) >= 11 is 0. The number of oxime groups is 1. The van der Waals surface area contributed by atoms with Gasteiger partial charge in [0.25, 0.3) is 0 Å². The molecular formula is C24H34N4O2.